The quantitative estimate of drug-likeness (QED) is 0.307. The number of carbonyl (C=O) groups is 2. The van der Waals surface area contributed by atoms with Crippen LogP contribution in [0.5, 0.6) is 5.75 Å². The molecule has 0 aromatic heterocycles. The molecule has 7 nitrogen and oxygen atoms in total. The molecule has 2 aromatic carbocycles. The highest BCUT2D eigenvalue weighted by Gasteiger charge is 2.48. The van der Waals surface area contributed by atoms with Gasteiger partial charge in [0.05, 0.1) is 18.6 Å². The Balaban J connectivity index is 1.91. The Kier molecular flexibility index (Phi) is 11.5. The predicted molar refractivity (Wildman–Crippen MR) is 160 cm³/mol. The monoisotopic (exact) mass is 547 g/mol. The van der Waals surface area contributed by atoms with Gasteiger partial charge >= 0.3 is 0 Å². The highest BCUT2D eigenvalue weighted by atomic mass is 16.5. The number of ether oxygens (including phenoxy) is 1. The van der Waals surface area contributed by atoms with E-state index < -0.39 is 23.3 Å². The molecule has 0 fully saturated rings. The van der Waals surface area contributed by atoms with Crippen molar-refractivity contribution in [2.24, 2.45) is 17.1 Å². The zero-order valence-corrected chi connectivity index (χ0v) is 24.4. The molecule has 2 aromatic rings. The summed E-state index contributed by atoms with van der Waals surface area (Å²) in [6.07, 6.45) is 5.06. The fourth-order valence-corrected chi connectivity index (χ4v) is 5.58. The van der Waals surface area contributed by atoms with Gasteiger partial charge in [-0.3, -0.25) is 9.59 Å². The first-order valence-corrected chi connectivity index (χ1v) is 14.3. The number of aliphatic hydroxyl groups is 1. The molecule has 1 aliphatic rings. The average Bonchev–Trinajstić information content (AvgIpc) is 2.96. The summed E-state index contributed by atoms with van der Waals surface area (Å²) in [5, 5.41) is 15.0. The second kappa shape index (κ2) is 14.8. The van der Waals surface area contributed by atoms with Crippen LogP contribution in [0.1, 0.15) is 51.2 Å². The first-order valence-electron chi connectivity index (χ1n) is 14.3. The number of rotatable bonds is 15. The molecule has 0 radical (unpaired) electrons. The molecular formula is C33H45N3O4. The van der Waals surface area contributed by atoms with Crippen LogP contribution in [0.4, 0.5) is 0 Å². The van der Waals surface area contributed by atoms with Gasteiger partial charge in [0.1, 0.15) is 5.75 Å². The van der Waals surface area contributed by atoms with Gasteiger partial charge in [-0.05, 0) is 61.4 Å². The van der Waals surface area contributed by atoms with Gasteiger partial charge < -0.3 is 25.8 Å². The standard InChI is InChI=1S/C33H45N3O4/c1-5-17-36(18-6-2)31(38)28-21-33(32(34)39,16-15-24(28)3)29(20-25-11-8-7-9-12-25)30(37)23-35-22-26-13-10-14-27(19-26)40-4/h7-16,19,29-30,35,37H,5-6,17-18,20-23H2,1-4H3,(H2,34,39)/t29-,30+,33?/m1/s1. The second-order valence-corrected chi connectivity index (χ2v) is 10.7. The molecule has 40 heavy (non-hydrogen) atoms. The van der Waals surface area contributed by atoms with Crippen LogP contribution in [-0.2, 0) is 22.6 Å². The first-order chi connectivity index (χ1) is 19.2. The van der Waals surface area contributed by atoms with Gasteiger partial charge in [-0.2, -0.15) is 0 Å². The maximum atomic E-state index is 13.7. The minimum Gasteiger partial charge on any atom is -0.497 e. The van der Waals surface area contributed by atoms with Crippen LogP contribution >= 0.6 is 0 Å². The maximum Gasteiger partial charge on any atom is 0.250 e. The van der Waals surface area contributed by atoms with Gasteiger partial charge in [-0.1, -0.05) is 68.5 Å². The summed E-state index contributed by atoms with van der Waals surface area (Å²) in [5.74, 6) is -0.378. The summed E-state index contributed by atoms with van der Waals surface area (Å²) in [7, 11) is 1.63. The topological polar surface area (TPSA) is 105 Å². The van der Waals surface area contributed by atoms with Crippen molar-refractivity contribution in [3.8, 4) is 5.75 Å². The molecule has 3 atom stereocenters. The zero-order chi connectivity index (χ0) is 29.1. The van der Waals surface area contributed by atoms with Gasteiger partial charge in [-0.25, -0.2) is 0 Å². The molecule has 2 amide bonds. The minimum absolute atomic E-state index is 0.0553. The number of nitrogens with two attached hydrogens (primary N) is 1. The van der Waals surface area contributed by atoms with E-state index in [4.69, 9.17) is 10.5 Å². The number of carbonyl (C=O) groups excluding carboxylic acids is 2. The largest absolute Gasteiger partial charge is 0.497 e. The van der Waals surface area contributed by atoms with Crippen LogP contribution in [0.2, 0.25) is 0 Å². The zero-order valence-electron chi connectivity index (χ0n) is 24.4. The number of nitrogens with one attached hydrogen (secondary N) is 1. The van der Waals surface area contributed by atoms with Crippen LogP contribution in [0.15, 0.2) is 77.9 Å². The molecule has 0 bridgehead atoms. The number of amides is 2. The molecule has 0 saturated carbocycles. The predicted octanol–water partition coefficient (Wildman–Crippen LogP) is 4.40. The summed E-state index contributed by atoms with van der Waals surface area (Å²) in [4.78, 5) is 28.9. The van der Waals surface area contributed by atoms with E-state index in [9.17, 15) is 14.7 Å². The fraction of sp³-hybridized carbons (Fsp3) is 0.455. The van der Waals surface area contributed by atoms with Gasteiger partial charge in [0.25, 0.3) is 0 Å². The van der Waals surface area contributed by atoms with Crippen LogP contribution in [0, 0.1) is 11.3 Å². The normalized spacial score (nSPS) is 18.3. The smallest absolute Gasteiger partial charge is 0.250 e. The highest BCUT2D eigenvalue weighted by molar-refractivity contribution is 5.97. The minimum atomic E-state index is -1.22. The Morgan fingerprint density at radius 3 is 2.38 bits per heavy atom. The molecular weight excluding hydrogens is 502 g/mol. The lowest BCUT2D eigenvalue weighted by molar-refractivity contribution is -0.132. The Labute approximate surface area is 239 Å². The number of allylic oxidation sites excluding steroid dienone is 2. The summed E-state index contributed by atoms with van der Waals surface area (Å²) < 4.78 is 5.32. The molecule has 7 heteroatoms. The summed E-state index contributed by atoms with van der Waals surface area (Å²) in [6, 6.07) is 17.5. The van der Waals surface area contributed by atoms with Crippen molar-refractivity contribution in [3.63, 3.8) is 0 Å². The van der Waals surface area contributed by atoms with Crippen molar-refractivity contribution >= 4 is 11.8 Å². The number of nitrogens with zero attached hydrogens (tertiary/aromatic N) is 1. The number of methoxy groups -OCH3 is 1. The molecule has 1 unspecified atom stereocenters. The van der Waals surface area contributed by atoms with E-state index in [1.165, 1.54) is 0 Å². The Hall–Kier alpha value is -3.42. The van der Waals surface area contributed by atoms with E-state index in [0.29, 0.717) is 31.6 Å². The summed E-state index contributed by atoms with van der Waals surface area (Å²) in [5.41, 5.74) is 8.39. The number of benzene rings is 2. The third-order valence-electron chi connectivity index (χ3n) is 7.81. The van der Waals surface area contributed by atoms with Crippen molar-refractivity contribution in [3.05, 3.63) is 89.0 Å². The van der Waals surface area contributed by atoms with E-state index in [0.717, 1.165) is 35.3 Å². The molecule has 1 aliphatic carbocycles. The number of hydrogen-bond acceptors (Lipinski definition) is 5. The summed E-state index contributed by atoms with van der Waals surface area (Å²) in [6.45, 7) is 8.09. The van der Waals surface area contributed by atoms with Crippen LogP contribution in [0.25, 0.3) is 0 Å². The van der Waals surface area contributed by atoms with E-state index in [2.05, 4.69) is 19.2 Å². The first kappa shape index (κ1) is 31.1. The van der Waals surface area contributed by atoms with Crippen molar-refractivity contribution in [1.82, 2.24) is 10.2 Å². The molecule has 0 heterocycles. The molecule has 3 rings (SSSR count). The highest BCUT2D eigenvalue weighted by Crippen LogP contribution is 2.44. The Morgan fingerprint density at radius 1 is 1.07 bits per heavy atom. The van der Waals surface area contributed by atoms with Gasteiger partial charge in [0.15, 0.2) is 0 Å². The molecule has 0 spiro atoms. The van der Waals surface area contributed by atoms with E-state index in [-0.39, 0.29) is 18.9 Å². The van der Waals surface area contributed by atoms with Crippen LogP contribution in [-0.4, -0.2) is 54.7 Å². The average molecular weight is 548 g/mol. The maximum absolute atomic E-state index is 13.7. The third-order valence-corrected chi connectivity index (χ3v) is 7.81. The fourth-order valence-electron chi connectivity index (χ4n) is 5.58. The van der Waals surface area contributed by atoms with E-state index >= 15 is 0 Å². The number of aliphatic hydroxyl groups excluding tert-OH is 1. The van der Waals surface area contributed by atoms with E-state index in [1.54, 1.807) is 7.11 Å². The van der Waals surface area contributed by atoms with E-state index in [1.807, 2.05) is 78.6 Å². The van der Waals surface area contributed by atoms with Crippen molar-refractivity contribution in [2.75, 3.05) is 26.7 Å². The van der Waals surface area contributed by atoms with Gasteiger partial charge in [-0.15, -0.1) is 0 Å². The summed E-state index contributed by atoms with van der Waals surface area (Å²) >= 11 is 0. The number of hydrogen-bond donors (Lipinski definition) is 3. The van der Waals surface area contributed by atoms with Crippen molar-refractivity contribution < 1.29 is 19.4 Å². The lowest BCUT2D eigenvalue weighted by Crippen LogP contribution is -2.51. The second-order valence-electron chi connectivity index (χ2n) is 10.7. The molecule has 0 saturated heterocycles. The lowest BCUT2D eigenvalue weighted by Gasteiger charge is -2.42. The molecule has 216 valence electrons. The SMILES string of the molecule is CCCN(CCC)C(=O)C1=C(C)C=CC(C(N)=O)([C@H](Cc2ccccc2)[C@@H](O)CNCc2cccc(OC)c2)C1. The Morgan fingerprint density at radius 2 is 1.75 bits per heavy atom. The lowest BCUT2D eigenvalue weighted by atomic mass is 9.63. The number of primary amides is 1. The Bertz CT molecular complexity index is 1190. The van der Waals surface area contributed by atoms with Crippen LogP contribution in [0.3, 0.4) is 0 Å². The van der Waals surface area contributed by atoms with Crippen molar-refractivity contribution in [1.29, 1.82) is 0 Å². The third kappa shape index (κ3) is 7.61. The van der Waals surface area contributed by atoms with Crippen molar-refractivity contribution in [2.45, 2.75) is 59.1 Å². The van der Waals surface area contributed by atoms with Crippen LogP contribution < -0.4 is 15.8 Å². The molecule has 4 N–H and O–H groups in total. The van der Waals surface area contributed by atoms with Gasteiger partial charge in [0.2, 0.25) is 11.8 Å². The molecule has 0 aliphatic heterocycles. The van der Waals surface area contributed by atoms with Gasteiger partial charge in [0, 0.05) is 37.7 Å².